The van der Waals surface area contributed by atoms with Crippen molar-refractivity contribution in [1.29, 1.82) is 0 Å². The summed E-state index contributed by atoms with van der Waals surface area (Å²) in [5.74, 6) is -0.778. The number of esters is 1. The van der Waals surface area contributed by atoms with E-state index in [1.54, 1.807) is 103 Å². The van der Waals surface area contributed by atoms with Crippen LogP contribution < -0.4 is 14.9 Å². The number of carbonyl (C=O) groups excluding carboxylic acids is 2. The van der Waals surface area contributed by atoms with Crippen molar-refractivity contribution >= 4 is 29.7 Å². The van der Waals surface area contributed by atoms with Gasteiger partial charge in [0.05, 0.1) is 18.9 Å². The summed E-state index contributed by atoms with van der Waals surface area (Å²) in [5.41, 5.74) is 2.18. The highest BCUT2D eigenvalue weighted by molar-refractivity contribution is 6.30. The average Bonchev–Trinajstić information content (AvgIpc) is 2.94. The Morgan fingerprint density at radius 1 is 0.865 bits per heavy atom. The molecule has 0 spiro atoms. The van der Waals surface area contributed by atoms with Gasteiger partial charge in [-0.15, -0.1) is 0 Å². The molecule has 0 heterocycles. The second kappa shape index (κ2) is 11.5. The summed E-state index contributed by atoms with van der Waals surface area (Å²) >= 11 is 5.87. The van der Waals surface area contributed by atoms with Gasteiger partial charge in [0, 0.05) is 5.02 Å². The Labute approximate surface area is 218 Å². The number of hydrogen-bond acceptors (Lipinski definition) is 6. The van der Waals surface area contributed by atoms with Crippen molar-refractivity contribution in [2.45, 2.75) is 5.60 Å². The number of ether oxygens (including phenoxy) is 2. The Hall–Kier alpha value is -4.46. The fraction of sp³-hybridized carbons (Fsp3) is 0.0690. The summed E-state index contributed by atoms with van der Waals surface area (Å²) in [4.78, 5) is 25.6. The van der Waals surface area contributed by atoms with Crippen molar-refractivity contribution < 1.29 is 24.2 Å². The highest BCUT2D eigenvalue weighted by atomic mass is 35.5. The summed E-state index contributed by atoms with van der Waals surface area (Å²) in [7, 11) is 1.44. The highest BCUT2D eigenvalue weighted by Gasteiger charge is 2.39. The molecular formula is C29H23ClN2O5. The zero-order chi connectivity index (χ0) is 26.3. The van der Waals surface area contributed by atoms with Crippen LogP contribution in [0.25, 0.3) is 0 Å². The third kappa shape index (κ3) is 5.86. The fourth-order valence-corrected chi connectivity index (χ4v) is 3.75. The third-order valence-electron chi connectivity index (χ3n) is 5.56. The highest BCUT2D eigenvalue weighted by Crippen LogP contribution is 2.30. The smallest absolute Gasteiger partial charge is 0.343 e. The van der Waals surface area contributed by atoms with Gasteiger partial charge in [-0.2, -0.15) is 5.10 Å². The molecule has 4 rings (SSSR count). The quantitative estimate of drug-likeness (QED) is 0.150. The molecular weight excluding hydrogens is 492 g/mol. The first kappa shape index (κ1) is 25.6. The van der Waals surface area contributed by atoms with Crippen LogP contribution in [0.5, 0.6) is 11.5 Å². The number of rotatable bonds is 8. The maximum Gasteiger partial charge on any atom is 0.343 e. The third-order valence-corrected chi connectivity index (χ3v) is 5.81. The van der Waals surface area contributed by atoms with Crippen molar-refractivity contribution in [2.75, 3.05) is 7.11 Å². The Kier molecular flexibility index (Phi) is 7.98. The lowest BCUT2D eigenvalue weighted by Crippen LogP contribution is -2.43. The normalized spacial score (nSPS) is 11.2. The van der Waals surface area contributed by atoms with Crippen LogP contribution in [-0.2, 0) is 10.4 Å². The molecule has 0 saturated heterocycles. The number of carbonyl (C=O) groups is 2. The lowest BCUT2D eigenvalue weighted by molar-refractivity contribution is -0.136. The minimum Gasteiger partial charge on any atom is -0.493 e. The van der Waals surface area contributed by atoms with Crippen molar-refractivity contribution in [3.05, 3.63) is 130 Å². The largest absolute Gasteiger partial charge is 0.493 e. The number of halogens is 1. The van der Waals surface area contributed by atoms with Gasteiger partial charge in [-0.25, -0.2) is 10.2 Å². The first-order chi connectivity index (χ1) is 17.9. The SMILES string of the molecule is COc1cc(/C=N\NC(=O)C(O)(c2ccccc2)c2ccccc2)ccc1OC(=O)c1ccc(Cl)cc1. The summed E-state index contributed by atoms with van der Waals surface area (Å²) in [5, 5.41) is 16.0. The summed E-state index contributed by atoms with van der Waals surface area (Å²) in [6.07, 6.45) is 1.39. The molecule has 4 aromatic rings. The number of aliphatic hydroxyl groups is 1. The molecule has 0 unspecified atom stereocenters. The van der Waals surface area contributed by atoms with Crippen LogP contribution in [-0.4, -0.2) is 30.3 Å². The number of nitrogens with one attached hydrogen (secondary N) is 1. The maximum atomic E-state index is 13.1. The van der Waals surface area contributed by atoms with E-state index < -0.39 is 17.5 Å². The Balaban J connectivity index is 1.50. The lowest BCUT2D eigenvalue weighted by Gasteiger charge is -2.27. The zero-order valence-corrected chi connectivity index (χ0v) is 20.6. The molecule has 0 aromatic heterocycles. The van der Waals surface area contributed by atoms with Crippen LogP contribution in [0.15, 0.2) is 108 Å². The number of amides is 1. The topological polar surface area (TPSA) is 97.2 Å². The van der Waals surface area contributed by atoms with Crippen molar-refractivity contribution in [1.82, 2.24) is 5.43 Å². The molecule has 0 atom stereocenters. The molecule has 0 aliphatic heterocycles. The standard InChI is InChI=1S/C29H23ClN2O5/c1-36-26-18-20(12-17-25(26)37-27(33)21-13-15-24(30)16-14-21)19-31-32-28(34)29(35,22-8-4-2-5-9-22)23-10-6-3-7-11-23/h2-19,35H,1H3,(H,32,34)/b31-19-. The van der Waals surface area contributed by atoms with E-state index in [2.05, 4.69) is 10.5 Å². The van der Waals surface area contributed by atoms with E-state index in [1.807, 2.05) is 0 Å². The molecule has 0 bridgehead atoms. The molecule has 7 nitrogen and oxygen atoms in total. The van der Waals surface area contributed by atoms with Gasteiger partial charge in [-0.3, -0.25) is 4.79 Å². The predicted octanol–water partition coefficient (Wildman–Crippen LogP) is 4.95. The molecule has 1 amide bonds. The zero-order valence-electron chi connectivity index (χ0n) is 19.8. The van der Waals surface area contributed by atoms with Crippen LogP contribution in [0.2, 0.25) is 5.02 Å². The van der Waals surface area contributed by atoms with Crippen molar-refractivity contribution in [3.63, 3.8) is 0 Å². The average molecular weight is 515 g/mol. The van der Waals surface area contributed by atoms with E-state index in [9.17, 15) is 14.7 Å². The van der Waals surface area contributed by atoms with Crippen LogP contribution in [0.3, 0.4) is 0 Å². The predicted molar refractivity (Wildman–Crippen MR) is 141 cm³/mol. The van der Waals surface area contributed by atoms with Gasteiger partial charge >= 0.3 is 5.97 Å². The van der Waals surface area contributed by atoms with Gasteiger partial charge < -0.3 is 14.6 Å². The van der Waals surface area contributed by atoms with Gasteiger partial charge in [0.2, 0.25) is 0 Å². The van der Waals surface area contributed by atoms with Crippen molar-refractivity contribution in [3.8, 4) is 11.5 Å². The van der Waals surface area contributed by atoms with Gasteiger partial charge in [0.25, 0.3) is 5.91 Å². The summed E-state index contributed by atoms with van der Waals surface area (Å²) < 4.78 is 10.8. The van der Waals surface area contributed by atoms with E-state index in [4.69, 9.17) is 21.1 Å². The van der Waals surface area contributed by atoms with E-state index in [1.165, 1.54) is 13.3 Å². The molecule has 0 aliphatic rings. The van der Waals surface area contributed by atoms with Crippen molar-refractivity contribution in [2.24, 2.45) is 5.10 Å². The first-order valence-corrected chi connectivity index (χ1v) is 11.6. The summed E-state index contributed by atoms with van der Waals surface area (Å²) in [6.45, 7) is 0. The minimum atomic E-state index is -1.95. The molecule has 4 aromatic carbocycles. The van der Waals surface area contributed by atoms with Crippen LogP contribution >= 0.6 is 11.6 Å². The minimum absolute atomic E-state index is 0.214. The summed E-state index contributed by atoms with van der Waals surface area (Å²) in [6, 6.07) is 28.4. The first-order valence-electron chi connectivity index (χ1n) is 11.2. The number of hydrogen-bond donors (Lipinski definition) is 2. The molecule has 0 radical (unpaired) electrons. The Morgan fingerprint density at radius 3 is 2.03 bits per heavy atom. The Bertz CT molecular complexity index is 1370. The van der Waals surface area contributed by atoms with E-state index >= 15 is 0 Å². The molecule has 0 saturated carbocycles. The van der Waals surface area contributed by atoms with Gasteiger partial charge in [-0.05, 0) is 59.2 Å². The maximum absolute atomic E-state index is 13.1. The second-order valence-electron chi connectivity index (χ2n) is 7.95. The number of methoxy groups -OCH3 is 1. The molecule has 8 heteroatoms. The number of benzene rings is 4. The molecule has 186 valence electrons. The molecule has 2 N–H and O–H groups in total. The fourth-order valence-electron chi connectivity index (χ4n) is 3.63. The van der Waals surface area contributed by atoms with Gasteiger partial charge in [-0.1, -0.05) is 72.3 Å². The molecule has 37 heavy (non-hydrogen) atoms. The number of nitrogens with zero attached hydrogens (tertiary/aromatic N) is 1. The van der Waals surface area contributed by atoms with Crippen LogP contribution in [0, 0.1) is 0 Å². The lowest BCUT2D eigenvalue weighted by atomic mass is 9.85. The van der Waals surface area contributed by atoms with E-state index in [0.717, 1.165) is 0 Å². The Morgan fingerprint density at radius 2 is 1.46 bits per heavy atom. The van der Waals surface area contributed by atoms with E-state index in [0.29, 0.717) is 33.0 Å². The monoisotopic (exact) mass is 514 g/mol. The van der Waals surface area contributed by atoms with Gasteiger partial charge in [0.1, 0.15) is 0 Å². The van der Waals surface area contributed by atoms with Crippen LogP contribution in [0.1, 0.15) is 27.0 Å². The molecule has 0 fully saturated rings. The molecule has 0 aliphatic carbocycles. The van der Waals surface area contributed by atoms with Gasteiger partial charge in [0.15, 0.2) is 17.1 Å². The van der Waals surface area contributed by atoms with Crippen LogP contribution in [0.4, 0.5) is 0 Å². The second-order valence-corrected chi connectivity index (χ2v) is 8.38. The van der Waals surface area contributed by atoms with E-state index in [-0.39, 0.29) is 5.75 Å². The number of hydrazone groups is 1.